The third-order valence-corrected chi connectivity index (χ3v) is 6.34. The Balaban J connectivity index is 1.63. The van der Waals surface area contributed by atoms with Crippen LogP contribution in [0.5, 0.6) is 0 Å². The lowest BCUT2D eigenvalue weighted by molar-refractivity contribution is 0.0813. The van der Waals surface area contributed by atoms with Crippen LogP contribution in [0.1, 0.15) is 54.9 Å². The summed E-state index contributed by atoms with van der Waals surface area (Å²) in [4.78, 5) is 28.7. The number of halogens is 2. The first-order valence-electron chi connectivity index (χ1n) is 13.3. The SMILES string of the molecule is CCCN(CCC)c1cc(C(=O)NC(Cc2cc(F)cc(F)c2)C(O)CCc2ncn[nH]2)cc(-c2ncco2)n1. The van der Waals surface area contributed by atoms with Gasteiger partial charge in [0.05, 0.1) is 18.3 Å². The molecule has 40 heavy (non-hydrogen) atoms. The van der Waals surface area contributed by atoms with Crippen LogP contribution in [0.15, 0.2) is 53.5 Å². The van der Waals surface area contributed by atoms with Gasteiger partial charge in [0.1, 0.15) is 41.6 Å². The molecule has 2 atom stereocenters. The molecule has 3 aromatic heterocycles. The molecule has 1 aromatic carbocycles. The van der Waals surface area contributed by atoms with Gasteiger partial charge in [-0.2, -0.15) is 5.10 Å². The van der Waals surface area contributed by atoms with E-state index in [2.05, 4.69) is 44.2 Å². The van der Waals surface area contributed by atoms with Crippen LogP contribution in [-0.4, -0.2) is 61.4 Å². The van der Waals surface area contributed by atoms with Gasteiger partial charge in [-0.3, -0.25) is 9.89 Å². The van der Waals surface area contributed by atoms with E-state index in [4.69, 9.17) is 9.40 Å². The number of oxazole rings is 1. The highest BCUT2D eigenvalue weighted by Gasteiger charge is 2.25. The third kappa shape index (κ3) is 7.69. The minimum Gasteiger partial charge on any atom is -0.443 e. The van der Waals surface area contributed by atoms with Crippen molar-refractivity contribution in [1.82, 2.24) is 30.5 Å². The van der Waals surface area contributed by atoms with Gasteiger partial charge in [-0.05, 0) is 55.5 Å². The second-order valence-electron chi connectivity index (χ2n) is 9.52. The molecule has 1 amide bonds. The van der Waals surface area contributed by atoms with Gasteiger partial charge in [0.15, 0.2) is 0 Å². The van der Waals surface area contributed by atoms with Crippen LogP contribution >= 0.6 is 0 Å². The highest BCUT2D eigenvalue weighted by Crippen LogP contribution is 2.23. The molecule has 4 rings (SSSR count). The van der Waals surface area contributed by atoms with Crippen molar-refractivity contribution in [3.63, 3.8) is 0 Å². The fraction of sp³-hybridized carbons (Fsp3) is 0.393. The number of aryl methyl sites for hydroxylation is 1. The van der Waals surface area contributed by atoms with Crippen molar-refractivity contribution in [1.29, 1.82) is 0 Å². The van der Waals surface area contributed by atoms with Crippen molar-refractivity contribution >= 4 is 11.7 Å². The molecule has 10 nitrogen and oxygen atoms in total. The van der Waals surface area contributed by atoms with Crippen molar-refractivity contribution in [2.75, 3.05) is 18.0 Å². The molecule has 2 unspecified atom stereocenters. The number of amides is 1. The lowest BCUT2D eigenvalue weighted by atomic mass is 9.97. The number of aromatic nitrogens is 5. The molecule has 0 spiro atoms. The molecule has 0 saturated carbocycles. The van der Waals surface area contributed by atoms with Crippen LogP contribution < -0.4 is 10.2 Å². The quantitative estimate of drug-likeness (QED) is 0.213. The van der Waals surface area contributed by atoms with E-state index in [0.717, 1.165) is 32.0 Å². The number of benzene rings is 1. The Labute approximate surface area is 230 Å². The summed E-state index contributed by atoms with van der Waals surface area (Å²) >= 11 is 0. The molecule has 4 aromatic rings. The molecule has 212 valence electrons. The summed E-state index contributed by atoms with van der Waals surface area (Å²) in [6, 6.07) is 5.54. The average Bonchev–Trinajstić information content (AvgIpc) is 3.65. The number of nitrogens with zero attached hydrogens (tertiary/aromatic N) is 5. The van der Waals surface area contributed by atoms with E-state index in [1.807, 2.05) is 0 Å². The van der Waals surface area contributed by atoms with Crippen molar-refractivity contribution in [3.05, 3.63) is 77.7 Å². The van der Waals surface area contributed by atoms with E-state index in [1.165, 1.54) is 30.9 Å². The first kappa shape index (κ1) is 28.8. The predicted molar refractivity (Wildman–Crippen MR) is 145 cm³/mol. The fourth-order valence-corrected chi connectivity index (χ4v) is 4.50. The maximum Gasteiger partial charge on any atom is 0.251 e. The first-order valence-corrected chi connectivity index (χ1v) is 13.3. The minimum atomic E-state index is -1.05. The Morgan fingerprint density at radius 1 is 1.10 bits per heavy atom. The van der Waals surface area contributed by atoms with Crippen LogP contribution in [0.2, 0.25) is 0 Å². The van der Waals surface area contributed by atoms with Gasteiger partial charge in [-0.1, -0.05) is 13.8 Å². The molecule has 0 aliphatic heterocycles. The number of anilines is 1. The van der Waals surface area contributed by atoms with Gasteiger partial charge in [0.25, 0.3) is 5.91 Å². The standard InChI is InChI=1S/C28H33F2N7O3/c1-3-8-37(9-4-2)26-15-19(14-23(34-26)28-31-7-10-40-28)27(39)35-22(13-18-11-20(29)16-21(30)12-18)24(38)5-6-25-32-17-33-36-25/h7,10-12,14-17,22,24,38H,3-6,8-9,13H2,1-2H3,(H,35,39)(H,32,33,36). The third-order valence-electron chi connectivity index (χ3n) is 6.34. The lowest BCUT2D eigenvalue weighted by Gasteiger charge is -2.26. The second kappa shape index (κ2) is 13.7. The van der Waals surface area contributed by atoms with Gasteiger partial charge in [-0.15, -0.1) is 0 Å². The zero-order chi connectivity index (χ0) is 28.5. The zero-order valence-electron chi connectivity index (χ0n) is 22.5. The van der Waals surface area contributed by atoms with Gasteiger partial charge in [-0.25, -0.2) is 23.7 Å². The molecule has 3 heterocycles. The summed E-state index contributed by atoms with van der Waals surface area (Å²) in [5, 5.41) is 20.5. The maximum absolute atomic E-state index is 13.9. The summed E-state index contributed by atoms with van der Waals surface area (Å²) in [7, 11) is 0. The zero-order valence-corrected chi connectivity index (χ0v) is 22.5. The number of aliphatic hydroxyl groups is 1. The number of aromatic amines is 1. The molecule has 0 saturated heterocycles. The number of hydrogen-bond donors (Lipinski definition) is 3. The smallest absolute Gasteiger partial charge is 0.251 e. The van der Waals surface area contributed by atoms with Crippen LogP contribution in [0.25, 0.3) is 11.6 Å². The summed E-state index contributed by atoms with van der Waals surface area (Å²) in [5.74, 6) is -0.524. The highest BCUT2D eigenvalue weighted by atomic mass is 19.1. The topological polar surface area (TPSA) is 133 Å². The number of aliphatic hydroxyl groups excluding tert-OH is 1. The Morgan fingerprint density at radius 3 is 2.48 bits per heavy atom. The maximum atomic E-state index is 13.9. The molecule has 0 bridgehead atoms. The molecular weight excluding hydrogens is 520 g/mol. The first-order chi connectivity index (χ1) is 19.4. The summed E-state index contributed by atoms with van der Waals surface area (Å²) in [6.07, 6.45) is 5.60. The van der Waals surface area contributed by atoms with E-state index in [-0.39, 0.29) is 24.3 Å². The normalized spacial score (nSPS) is 12.7. The van der Waals surface area contributed by atoms with Crippen LogP contribution in [0.3, 0.4) is 0 Å². The van der Waals surface area contributed by atoms with Crippen LogP contribution in [0.4, 0.5) is 14.6 Å². The van der Waals surface area contributed by atoms with E-state index >= 15 is 0 Å². The second-order valence-corrected chi connectivity index (χ2v) is 9.52. The van der Waals surface area contributed by atoms with Gasteiger partial charge >= 0.3 is 0 Å². The van der Waals surface area contributed by atoms with Crippen molar-refractivity contribution in [2.45, 2.75) is 58.1 Å². The lowest BCUT2D eigenvalue weighted by Crippen LogP contribution is -2.45. The van der Waals surface area contributed by atoms with E-state index in [9.17, 15) is 18.7 Å². The minimum absolute atomic E-state index is 0.000321. The summed E-state index contributed by atoms with van der Waals surface area (Å²) in [6.45, 7) is 5.61. The number of pyridine rings is 1. The number of H-pyrrole nitrogens is 1. The molecule has 0 radical (unpaired) electrons. The Kier molecular flexibility index (Phi) is 9.90. The summed E-state index contributed by atoms with van der Waals surface area (Å²) in [5.41, 5.74) is 0.974. The monoisotopic (exact) mass is 553 g/mol. The molecule has 0 aliphatic rings. The van der Waals surface area contributed by atoms with E-state index in [0.29, 0.717) is 29.3 Å². The van der Waals surface area contributed by atoms with Gasteiger partial charge in [0.2, 0.25) is 5.89 Å². The number of hydrogen-bond acceptors (Lipinski definition) is 8. The molecular formula is C28H33F2N7O3. The van der Waals surface area contributed by atoms with Gasteiger partial charge in [0, 0.05) is 31.1 Å². The highest BCUT2D eigenvalue weighted by molar-refractivity contribution is 5.96. The number of rotatable bonds is 14. The Hall–Kier alpha value is -4.19. The summed E-state index contributed by atoms with van der Waals surface area (Å²) < 4.78 is 33.3. The average molecular weight is 554 g/mol. The number of nitrogens with one attached hydrogen (secondary N) is 2. The van der Waals surface area contributed by atoms with Crippen molar-refractivity contribution in [2.24, 2.45) is 0 Å². The Bertz CT molecular complexity index is 1340. The molecule has 12 heteroatoms. The molecule has 3 N–H and O–H groups in total. The number of carbonyl (C=O) groups excluding carboxylic acids is 1. The van der Waals surface area contributed by atoms with Gasteiger partial charge < -0.3 is 19.7 Å². The number of carbonyl (C=O) groups is 1. The van der Waals surface area contributed by atoms with E-state index in [1.54, 1.807) is 12.1 Å². The fourth-order valence-electron chi connectivity index (χ4n) is 4.50. The van der Waals surface area contributed by atoms with Crippen LogP contribution in [0, 0.1) is 11.6 Å². The molecule has 0 aliphatic carbocycles. The van der Waals surface area contributed by atoms with E-state index < -0.39 is 29.7 Å². The molecule has 0 fully saturated rings. The van der Waals surface area contributed by atoms with Crippen molar-refractivity contribution in [3.8, 4) is 11.6 Å². The van der Waals surface area contributed by atoms with Crippen LogP contribution in [-0.2, 0) is 12.8 Å². The Morgan fingerprint density at radius 2 is 1.85 bits per heavy atom. The largest absolute Gasteiger partial charge is 0.443 e. The van der Waals surface area contributed by atoms with Crippen molar-refractivity contribution < 1.29 is 23.1 Å². The predicted octanol–water partition coefficient (Wildman–Crippen LogP) is 4.09.